The highest BCUT2D eigenvalue weighted by atomic mass is 16.6. The number of piperazine rings is 1. The molecule has 168 valence electrons. The van der Waals surface area contributed by atoms with Crippen LogP contribution < -0.4 is 4.90 Å². The van der Waals surface area contributed by atoms with Crippen LogP contribution in [0.2, 0.25) is 0 Å². The van der Waals surface area contributed by atoms with E-state index in [-0.39, 0.29) is 17.5 Å². The van der Waals surface area contributed by atoms with Crippen LogP contribution in [0.25, 0.3) is 0 Å². The van der Waals surface area contributed by atoms with E-state index >= 15 is 0 Å². The summed E-state index contributed by atoms with van der Waals surface area (Å²) in [6, 6.07) is 17.9. The van der Waals surface area contributed by atoms with Gasteiger partial charge in [-0.25, -0.2) is 0 Å². The van der Waals surface area contributed by atoms with Crippen molar-refractivity contribution in [3.8, 4) is 0 Å². The molecule has 2 amide bonds. The van der Waals surface area contributed by atoms with E-state index in [1.165, 1.54) is 5.56 Å². The Kier molecular flexibility index (Phi) is 6.85. The molecule has 2 aliphatic heterocycles. The maximum atomic E-state index is 12.9. The minimum atomic E-state index is -0.747. The molecule has 2 aromatic rings. The van der Waals surface area contributed by atoms with Crippen molar-refractivity contribution in [1.82, 2.24) is 9.80 Å². The van der Waals surface area contributed by atoms with E-state index in [0.717, 1.165) is 37.3 Å². The highest BCUT2D eigenvalue weighted by Gasteiger charge is 2.34. The van der Waals surface area contributed by atoms with Gasteiger partial charge in [0, 0.05) is 44.8 Å². The number of amides is 2. The van der Waals surface area contributed by atoms with Gasteiger partial charge < -0.3 is 14.6 Å². The molecule has 0 aliphatic carbocycles. The summed E-state index contributed by atoms with van der Waals surface area (Å²) < 4.78 is 0. The summed E-state index contributed by atoms with van der Waals surface area (Å²) in [5.74, 6) is -0.278. The minimum Gasteiger partial charge on any atom is -0.382 e. The van der Waals surface area contributed by atoms with Gasteiger partial charge in [0.25, 0.3) is 11.8 Å². The van der Waals surface area contributed by atoms with Gasteiger partial charge in [-0.15, -0.1) is 0 Å². The highest BCUT2D eigenvalue weighted by molar-refractivity contribution is 6.54. The second-order valence-electron chi connectivity index (χ2n) is 8.25. The number of anilines is 1. The topological polar surface area (TPSA) is 65.5 Å². The minimum absolute atomic E-state index is 0.0992. The molecular weight excluding hydrogens is 404 g/mol. The van der Waals surface area contributed by atoms with Crippen molar-refractivity contribution >= 4 is 23.2 Å². The molecule has 0 saturated carbocycles. The summed E-state index contributed by atoms with van der Waals surface area (Å²) in [6.45, 7) is 8.18. The van der Waals surface area contributed by atoms with Crippen molar-refractivity contribution in [3.63, 3.8) is 0 Å². The molecule has 32 heavy (non-hydrogen) atoms. The van der Waals surface area contributed by atoms with Crippen molar-refractivity contribution in [1.29, 1.82) is 0 Å². The predicted octanol–water partition coefficient (Wildman–Crippen LogP) is 2.90. The molecule has 0 bridgehead atoms. The fourth-order valence-electron chi connectivity index (χ4n) is 4.20. The van der Waals surface area contributed by atoms with Crippen molar-refractivity contribution in [2.24, 2.45) is 5.16 Å². The smallest absolute Gasteiger partial charge is 0.281 e. The summed E-state index contributed by atoms with van der Waals surface area (Å²) in [6.07, 6.45) is 0.0997. The summed E-state index contributed by atoms with van der Waals surface area (Å²) >= 11 is 0. The van der Waals surface area contributed by atoms with E-state index in [1.807, 2.05) is 54.3 Å². The van der Waals surface area contributed by atoms with Gasteiger partial charge in [-0.05, 0) is 25.0 Å². The molecular formula is C25H30N4O3. The number of fused-ring (bicyclic) bond motifs is 1. The molecule has 7 nitrogen and oxygen atoms in total. The Morgan fingerprint density at radius 1 is 1.03 bits per heavy atom. The zero-order valence-corrected chi connectivity index (χ0v) is 18.7. The third-order valence-electron chi connectivity index (χ3n) is 5.93. The molecule has 2 heterocycles. The maximum absolute atomic E-state index is 12.9. The normalized spacial score (nSPS) is 18.7. The van der Waals surface area contributed by atoms with Crippen LogP contribution in [0.1, 0.15) is 31.4 Å². The molecule has 0 aromatic heterocycles. The first-order valence-electron chi connectivity index (χ1n) is 11.3. The van der Waals surface area contributed by atoms with Crippen LogP contribution in [0.3, 0.4) is 0 Å². The van der Waals surface area contributed by atoms with Crippen LogP contribution in [0.4, 0.5) is 5.69 Å². The van der Waals surface area contributed by atoms with E-state index in [2.05, 4.69) is 22.2 Å². The van der Waals surface area contributed by atoms with E-state index in [0.29, 0.717) is 19.6 Å². The largest absolute Gasteiger partial charge is 0.382 e. The molecule has 0 radical (unpaired) electrons. The lowest BCUT2D eigenvalue weighted by Crippen LogP contribution is -2.50. The molecule has 2 aliphatic rings. The lowest BCUT2D eigenvalue weighted by molar-refractivity contribution is -0.144. The standard InChI is InChI=1S/C25H30N4O3/c1-3-13-29-22-12-8-7-11-21(22)23(25(29)31)26-32-19(2)24(30)28-16-14-27(15-17-28)18-20-9-5-4-6-10-20/h4-12,19H,3,13-18H2,1-2H3/b26-23+/t19-/m1/s1. The Labute approximate surface area is 189 Å². The second-order valence-corrected chi connectivity index (χ2v) is 8.25. The zero-order chi connectivity index (χ0) is 22.5. The maximum Gasteiger partial charge on any atom is 0.281 e. The average Bonchev–Trinajstić information content (AvgIpc) is 3.09. The quantitative estimate of drug-likeness (QED) is 0.629. The first kappa shape index (κ1) is 22.0. The van der Waals surface area contributed by atoms with Gasteiger partial charge in [0.05, 0.1) is 5.69 Å². The van der Waals surface area contributed by atoms with Gasteiger partial charge in [-0.2, -0.15) is 0 Å². The van der Waals surface area contributed by atoms with Crippen molar-refractivity contribution < 1.29 is 14.4 Å². The molecule has 4 rings (SSSR count). The van der Waals surface area contributed by atoms with Gasteiger partial charge in [0.2, 0.25) is 6.10 Å². The van der Waals surface area contributed by atoms with Crippen LogP contribution in [0.5, 0.6) is 0 Å². The molecule has 7 heteroatoms. The van der Waals surface area contributed by atoms with Crippen LogP contribution in [-0.2, 0) is 21.0 Å². The summed E-state index contributed by atoms with van der Waals surface area (Å²) in [5.41, 5.74) is 3.13. The fraction of sp³-hybridized carbons (Fsp3) is 0.400. The molecule has 0 N–H and O–H groups in total. The lowest BCUT2D eigenvalue weighted by atomic mass is 10.1. The highest BCUT2D eigenvalue weighted by Crippen LogP contribution is 2.29. The monoisotopic (exact) mass is 434 g/mol. The first-order valence-corrected chi connectivity index (χ1v) is 11.3. The number of carbonyl (C=O) groups is 2. The SMILES string of the molecule is CCCN1C(=O)/C(=N/O[C@H](C)C(=O)N2CCN(Cc3ccccc3)CC2)c2ccccc21. The van der Waals surface area contributed by atoms with Gasteiger partial charge >= 0.3 is 0 Å². The van der Waals surface area contributed by atoms with E-state index in [9.17, 15) is 9.59 Å². The van der Waals surface area contributed by atoms with E-state index in [4.69, 9.17) is 4.84 Å². The number of nitrogens with zero attached hydrogens (tertiary/aromatic N) is 4. The van der Waals surface area contributed by atoms with Crippen molar-refractivity contribution in [3.05, 3.63) is 65.7 Å². The van der Waals surface area contributed by atoms with Crippen molar-refractivity contribution in [2.75, 3.05) is 37.6 Å². The Morgan fingerprint density at radius 2 is 1.72 bits per heavy atom. The van der Waals surface area contributed by atoms with Crippen LogP contribution in [0.15, 0.2) is 59.8 Å². The summed E-state index contributed by atoms with van der Waals surface area (Å²) in [5, 5.41) is 4.13. The van der Waals surface area contributed by atoms with Crippen LogP contribution >= 0.6 is 0 Å². The number of hydrogen-bond acceptors (Lipinski definition) is 5. The third-order valence-corrected chi connectivity index (χ3v) is 5.93. The molecule has 1 atom stereocenters. The predicted molar refractivity (Wildman–Crippen MR) is 124 cm³/mol. The first-order chi connectivity index (χ1) is 15.6. The molecule has 1 saturated heterocycles. The molecule has 1 fully saturated rings. The third kappa shape index (κ3) is 4.67. The molecule has 0 spiro atoms. The molecule has 2 aromatic carbocycles. The number of hydrogen-bond donors (Lipinski definition) is 0. The van der Waals surface area contributed by atoms with Gasteiger partial charge in [-0.1, -0.05) is 60.6 Å². The van der Waals surface area contributed by atoms with E-state index < -0.39 is 6.10 Å². The Balaban J connectivity index is 1.34. The van der Waals surface area contributed by atoms with E-state index in [1.54, 1.807) is 11.8 Å². The van der Waals surface area contributed by atoms with Crippen LogP contribution in [-0.4, -0.2) is 66.2 Å². The summed E-state index contributed by atoms with van der Waals surface area (Å²) in [4.78, 5) is 37.2. The number of para-hydroxylation sites is 1. The lowest BCUT2D eigenvalue weighted by Gasteiger charge is -2.35. The Hall–Kier alpha value is -3.19. The van der Waals surface area contributed by atoms with Crippen molar-refractivity contribution in [2.45, 2.75) is 32.9 Å². The number of rotatable bonds is 7. The van der Waals surface area contributed by atoms with Gasteiger partial charge in [-0.3, -0.25) is 14.5 Å². The Bertz CT molecular complexity index is 984. The Morgan fingerprint density at radius 3 is 2.44 bits per heavy atom. The fourth-order valence-corrected chi connectivity index (χ4v) is 4.20. The number of benzene rings is 2. The summed E-state index contributed by atoms with van der Waals surface area (Å²) in [7, 11) is 0. The van der Waals surface area contributed by atoms with Gasteiger partial charge in [0.1, 0.15) is 0 Å². The molecule has 0 unspecified atom stereocenters. The number of oxime groups is 1. The van der Waals surface area contributed by atoms with Crippen LogP contribution in [0, 0.1) is 0 Å². The van der Waals surface area contributed by atoms with Gasteiger partial charge in [0.15, 0.2) is 5.71 Å². The zero-order valence-electron chi connectivity index (χ0n) is 18.7. The number of carbonyl (C=O) groups excluding carboxylic acids is 2. The average molecular weight is 435 g/mol. The second kappa shape index (κ2) is 9.96.